The van der Waals surface area contributed by atoms with Gasteiger partial charge in [0.25, 0.3) is 0 Å². The predicted molar refractivity (Wildman–Crippen MR) is 91.9 cm³/mol. The van der Waals surface area contributed by atoms with E-state index in [1.165, 1.54) is 0 Å². The number of nitrogens with one attached hydrogen (secondary N) is 2. The molecule has 1 saturated heterocycles. The quantitative estimate of drug-likeness (QED) is 0.737. The highest BCUT2D eigenvalue weighted by atomic mass is 16.5. The molecule has 2 N–H and O–H groups in total. The van der Waals surface area contributed by atoms with E-state index in [4.69, 9.17) is 14.2 Å². The molecule has 1 aromatic carbocycles. The molecule has 0 radical (unpaired) electrons. The molecule has 1 heterocycles. The molecule has 0 saturated carbocycles. The SMILES string of the molecule is COc1ccc(CCNC(=O)NCCN2CCOCC2)cc1OC. The maximum atomic E-state index is 11.8. The van der Waals surface area contributed by atoms with E-state index in [2.05, 4.69) is 15.5 Å². The first-order chi connectivity index (χ1) is 11.7. The molecule has 0 aromatic heterocycles. The lowest BCUT2D eigenvalue weighted by atomic mass is 10.1. The standard InChI is InChI=1S/C17H27N3O4/c1-22-15-4-3-14(13-16(15)23-2)5-6-18-17(21)19-7-8-20-9-11-24-12-10-20/h3-4,13H,5-12H2,1-2H3,(H2,18,19,21). The molecule has 2 rings (SSSR count). The lowest BCUT2D eigenvalue weighted by Crippen LogP contribution is -2.44. The van der Waals surface area contributed by atoms with Crippen molar-refractivity contribution in [2.45, 2.75) is 6.42 Å². The van der Waals surface area contributed by atoms with Crippen LogP contribution in [0.4, 0.5) is 4.79 Å². The van der Waals surface area contributed by atoms with Gasteiger partial charge in [-0.2, -0.15) is 0 Å². The molecule has 1 aliphatic heterocycles. The van der Waals surface area contributed by atoms with Crippen molar-refractivity contribution in [3.8, 4) is 11.5 Å². The summed E-state index contributed by atoms with van der Waals surface area (Å²) in [5.41, 5.74) is 1.08. The lowest BCUT2D eigenvalue weighted by Gasteiger charge is -2.26. The summed E-state index contributed by atoms with van der Waals surface area (Å²) in [5, 5.41) is 5.75. The van der Waals surface area contributed by atoms with Gasteiger partial charge in [0, 0.05) is 32.7 Å². The van der Waals surface area contributed by atoms with Gasteiger partial charge < -0.3 is 24.8 Å². The third-order valence-electron chi connectivity index (χ3n) is 3.96. The molecule has 24 heavy (non-hydrogen) atoms. The van der Waals surface area contributed by atoms with Crippen LogP contribution in [0.5, 0.6) is 11.5 Å². The minimum Gasteiger partial charge on any atom is -0.493 e. The van der Waals surface area contributed by atoms with Gasteiger partial charge in [-0.25, -0.2) is 4.79 Å². The van der Waals surface area contributed by atoms with Crippen LogP contribution in [0.25, 0.3) is 0 Å². The number of ether oxygens (including phenoxy) is 3. The third kappa shape index (κ3) is 5.90. The lowest BCUT2D eigenvalue weighted by molar-refractivity contribution is 0.0387. The fourth-order valence-corrected chi connectivity index (χ4v) is 2.57. The summed E-state index contributed by atoms with van der Waals surface area (Å²) in [6.45, 7) is 5.48. The van der Waals surface area contributed by atoms with Crippen LogP contribution < -0.4 is 20.1 Å². The van der Waals surface area contributed by atoms with Crippen LogP contribution in [0.2, 0.25) is 0 Å². The molecule has 0 unspecified atom stereocenters. The Bertz CT molecular complexity index is 519. The number of benzene rings is 1. The minimum atomic E-state index is -0.135. The Morgan fingerprint density at radius 1 is 1.12 bits per heavy atom. The van der Waals surface area contributed by atoms with Crippen molar-refractivity contribution in [3.05, 3.63) is 23.8 Å². The van der Waals surface area contributed by atoms with Crippen LogP contribution in [-0.2, 0) is 11.2 Å². The second-order valence-corrected chi connectivity index (χ2v) is 5.58. The van der Waals surface area contributed by atoms with E-state index in [0.717, 1.165) is 44.8 Å². The monoisotopic (exact) mass is 337 g/mol. The minimum absolute atomic E-state index is 0.135. The Kier molecular flexibility index (Phi) is 7.64. The number of amides is 2. The molecule has 7 heteroatoms. The van der Waals surface area contributed by atoms with E-state index in [1.54, 1.807) is 14.2 Å². The zero-order chi connectivity index (χ0) is 17.2. The Morgan fingerprint density at radius 3 is 2.54 bits per heavy atom. The maximum Gasteiger partial charge on any atom is 0.314 e. The normalized spacial score (nSPS) is 14.9. The van der Waals surface area contributed by atoms with Crippen molar-refractivity contribution in [3.63, 3.8) is 0 Å². The second kappa shape index (κ2) is 10.00. The molecule has 1 fully saturated rings. The molecule has 7 nitrogen and oxygen atoms in total. The summed E-state index contributed by atoms with van der Waals surface area (Å²) in [6, 6.07) is 5.64. The smallest absolute Gasteiger partial charge is 0.314 e. The largest absolute Gasteiger partial charge is 0.493 e. The van der Waals surface area contributed by atoms with E-state index in [1.807, 2.05) is 18.2 Å². The van der Waals surface area contributed by atoms with Crippen LogP contribution in [0, 0.1) is 0 Å². The summed E-state index contributed by atoms with van der Waals surface area (Å²) in [6.07, 6.45) is 0.733. The van der Waals surface area contributed by atoms with Crippen molar-refractivity contribution in [2.24, 2.45) is 0 Å². The van der Waals surface area contributed by atoms with Gasteiger partial charge in [0.15, 0.2) is 11.5 Å². The fraction of sp³-hybridized carbons (Fsp3) is 0.588. The van der Waals surface area contributed by atoms with Crippen LogP contribution >= 0.6 is 0 Å². The van der Waals surface area contributed by atoms with E-state index < -0.39 is 0 Å². The molecule has 0 atom stereocenters. The predicted octanol–water partition coefficient (Wildman–Crippen LogP) is 0.878. The van der Waals surface area contributed by atoms with Crippen LogP contribution in [0.15, 0.2) is 18.2 Å². The average Bonchev–Trinajstić information content (AvgIpc) is 2.62. The van der Waals surface area contributed by atoms with Gasteiger partial charge >= 0.3 is 6.03 Å². The highest BCUT2D eigenvalue weighted by Crippen LogP contribution is 2.27. The average molecular weight is 337 g/mol. The Balaban J connectivity index is 1.63. The first kappa shape index (κ1) is 18.4. The van der Waals surface area contributed by atoms with E-state index in [9.17, 15) is 4.79 Å². The summed E-state index contributed by atoms with van der Waals surface area (Å²) in [4.78, 5) is 14.1. The first-order valence-electron chi connectivity index (χ1n) is 8.25. The third-order valence-corrected chi connectivity index (χ3v) is 3.96. The van der Waals surface area contributed by atoms with Gasteiger partial charge in [-0.05, 0) is 24.1 Å². The molecule has 2 amide bonds. The summed E-state index contributed by atoms with van der Waals surface area (Å²) < 4.78 is 15.8. The van der Waals surface area contributed by atoms with E-state index in [-0.39, 0.29) is 6.03 Å². The number of carbonyl (C=O) groups excluding carboxylic acids is 1. The Hall–Kier alpha value is -1.99. The van der Waals surface area contributed by atoms with Crippen LogP contribution in [-0.4, -0.2) is 71.1 Å². The van der Waals surface area contributed by atoms with Crippen molar-refractivity contribution >= 4 is 6.03 Å². The van der Waals surface area contributed by atoms with Gasteiger partial charge in [0.05, 0.1) is 27.4 Å². The number of morpholine rings is 1. The molecule has 0 bridgehead atoms. The Morgan fingerprint density at radius 2 is 1.83 bits per heavy atom. The van der Waals surface area contributed by atoms with E-state index >= 15 is 0 Å². The summed E-state index contributed by atoms with van der Waals surface area (Å²) >= 11 is 0. The second-order valence-electron chi connectivity index (χ2n) is 5.58. The van der Waals surface area contributed by atoms with Gasteiger partial charge in [-0.3, -0.25) is 4.90 Å². The number of nitrogens with zero attached hydrogens (tertiary/aromatic N) is 1. The van der Waals surface area contributed by atoms with Crippen molar-refractivity contribution in [1.82, 2.24) is 15.5 Å². The van der Waals surface area contributed by atoms with Gasteiger partial charge in [-0.15, -0.1) is 0 Å². The highest BCUT2D eigenvalue weighted by Gasteiger charge is 2.10. The van der Waals surface area contributed by atoms with Crippen LogP contribution in [0.1, 0.15) is 5.56 Å². The number of methoxy groups -OCH3 is 2. The molecular weight excluding hydrogens is 310 g/mol. The number of carbonyl (C=O) groups is 1. The number of urea groups is 1. The summed E-state index contributed by atoms with van der Waals surface area (Å²) in [7, 11) is 3.22. The van der Waals surface area contributed by atoms with Gasteiger partial charge in [0.1, 0.15) is 0 Å². The molecule has 0 aliphatic carbocycles. The molecule has 1 aromatic rings. The molecular formula is C17H27N3O4. The maximum absolute atomic E-state index is 11.8. The van der Waals surface area contributed by atoms with Gasteiger partial charge in [-0.1, -0.05) is 6.07 Å². The highest BCUT2D eigenvalue weighted by molar-refractivity contribution is 5.73. The van der Waals surface area contributed by atoms with Gasteiger partial charge in [0.2, 0.25) is 0 Å². The van der Waals surface area contributed by atoms with Crippen LogP contribution in [0.3, 0.4) is 0 Å². The van der Waals surface area contributed by atoms with Crippen molar-refractivity contribution < 1.29 is 19.0 Å². The van der Waals surface area contributed by atoms with Crippen molar-refractivity contribution in [1.29, 1.82) is 0 Å². The zero-order valence-electron chi connectivity index (χ0n) is 14.5. The molecule has 134 valence electrons. The van der Waals surface area contributed by atoms with Crippen molar-refractivity contribution in [2.75, 3.05) is 60.2 Å². The van der Waals surface area contributed by atoms with E-state index in [0.29, 0.717) is 24.6 Å². The topological polar surface area (TPSA) is 72.1 Å². The molecule has 0 spiro atoms. The fourth-order valence-electron chi connectivity index (χ4n) is 2.57. The number of hydrogen-bond acceptors (Lipinski definition) is 5. The molecule has 1 aliphatic rings. The Labute approximate surface area is 143 Å². The zero-order valence-corrected chi connectivity index (χ0v) is 14.5. The number of rotatable bonds is 8. The first-order valence-corrected chi connectivity index (χ1v) is 8.25. The summed E-state index contributed by atoms with van der Waals surface area (Å²) in [5.74, 6) is 1.40. The number of hydrogen-bond donors (Lipinski definition) is 2.